The molecule has 1 aromatic carbocycles. The summed E-state index contributed by atoms with van der Waals surface area (Å²) in [6.07, 6.45) is 0. The summed E-state index contributed by atoms with van der Waals surface area (Å²) in [5.74, 6) is -1.11. The molecule has 0 aromatic heterocycles. The van der Waals surface area contributed by atoms with E-state index in [1.807, 2.05) is 0 Å². The van der Waals surface area contributed by atoms with Crippen LogP contribution in [0.2, 0.25) is 0 Å². The number of carbonyl (C=O) groups is 1. The molecule has 6 heteroatoms. The van der Waals surface area contributed by atoms with Crippen LogP contribution in [0.5, 0.6) is 0 Å². The van der Waals surface area contributed by atoms with E-state index in [2.05, 4.69) is 44.7 Å². The lowest BCUT2D eigenvalue weighted by atomic mass is 10.1. The molecule has 0 atom stereocenters. The van der Waals surface area contributed by atoms with Crippen molar-refractivity contribution in [3.8, 4) is 0 Å². The van der Waals surface area contributed by atoms with Crippen molar-refractivity contribution in [1.82, 2.24) is 0 Å². The molecule has 0 radical (unpaired) electrons. The number of aliphatic imine (C=N–C) groups is 2. The Balaban J connectivity index is 3.54. The van der Waals surface area contributed by atoms with Gasteiger partial charge in [-0.2, -0.15) is 9.98 Å². The maximum absolute atomic E-state index is 10.8. The van der Waals surface area contributed by atoms with E-state index in [4.69, 9.17) is 5.11 Å². The minimum Gasteiger partial charge on any atom is -0.478 e. The molecule has 1 aromatic rings. The number of isothiocyanates is 2. The minimum atomic E-state index is -1.11. The van der Waals surface area contributed by atoms with Crippen molar-refractivity contribution in [3.05, 3.63) is 23.8 Å². The van der Waals surface area contributed by atoms with E-state index in [1.165, 1.54) is 12.1 Å². The summed E-state index contributed by atoms with van der Waals surface area (Å²) in [6.45, 7) is 0. The molecule has 1 rings (SSSR count). The maximum Gasteiger partial charge on any atom is 0.338 e. The van der Waals surface area contributed by atoms with Gasteiger partial charge in [0, 0.05) is 0 Å². The standard InChI is InChI=1S/C9H4N2O2S2/c12-9(13)6-2-1-3-7(10-4-14)8(6)11-5-15/h1-3H,(H,12,13). The Bertz CT molecular complexity index is 481. The van der Waals surface area contributed by atoms with Gasteiger partial charge in [-0.1, -0.05) is 6.07 Å². The van der Waals surface area contributed by atoms with E-state index < -0.39 is 5.97 Å². The van der Waals surface area contributed by atoms with Gasteiger partial charge >= 0.3 is 5.97 Å². The first-order valence-corrected chi connectivity index (χ1v) is 4.54. The molecule has 4 nitrogen and oxygen atoms in total. The summed E-state index contributed by atoms with van der Waals surface area (Å²) in [7, 11) is 0. The van der Waals surface area contributed by atoms with E-state index in [1.54, 1.807) is 6.07 Å². The number of rotatable bonds is 3. The lowest BCUT2D eigenvalue weighted by Gasteiger charge is -2.01. The van der Waals surface area contributed by atoms with Crippen molar-refractivity contribution >= 4 is 52.1 Å². The van der Waals surface area contributed by atoms with Gasteiger partial charge in [-0.05, 0) is 36.6 Å². The summed E-state index contributed by atoms with van der Waals surface area (Å²) >= 11 is 8.86. The van der Waals surface area contributed by atoms with Crippen LogP contribution in [0, 0.1) is 0 Å². The Kier molecular flexibility index (Phi) is 3.97. The second-order valence-electron chi connectivity index (χ2n) is 2.38. The van der Waals surface area contributed by atoms with Crippen LogP contribution in [0.1, 0.15) is 10.4 Å². The molecule has 15 heavy (non-hydrogen) atoms. The summed E-state index contributed by atoms with van der Waals surface area (Å²) in [6, 6.07) is 4.50. The fraction of sp³-hybridized carbons (Fsp3) is 0. The molecule has 0 aliphatic rings. The third-order valence-electron chi connectivity index (χ3n) is 1.57. The Morgan fingerprint density at radius 2 is 1.93 bits per heavy atom. The quantitative estimate of drug-likeness (QED) is 0.647. The van der Waals surface area contributed by atoms with Gasteiger partial charge in [-0.25, -0.2) is 4.79 Å². The van der Waals surface area contributed by atoms with E-state index in [-0.39, 0.29) is 11.3 Å². The SMILES string of the molecule is O=C(O)c1cccc(N=C=S)c1N=C=S. The average molecular weight is 236 g/mol. The topological polar surface area (TPSA) is 62.0 Å². The molecule has 0 amide bonds. The van der Waals surface area contributed by atoms with Crippen LogP contribution in [0.25, 0.3) is 0 Å². The highest BCUT2D eigenvalue weighted by Crippen LogP contribution is 2.31. The highest BCUT2D eigenvalue weighted by Gasteiger charge is 2.12. The molecule has 0 fully saturated rings. The van der Waals surface area contributed by atoms with Gasteiger partial charge in [0.25, 0.3) is 0 Å². The van der Waals surface area contributed by atoms with E-state index in [9.17, 15) is 4.79 Å². The van der Waals surface area contributed by atoms with Gasteiger partial charge in [0.1, 0.15) is 11.4 Å². The van der Waals surface area contributed by atoms with Gasteiger partial charge < -0.3 is 5.11 Å². The number of nitrogens with zero attached hydrogens (tertiary/aromatic N) is 2. The van der Waals surface area contributed by atoms with E-state index in [0.29, 0.717) is 5.69 Å². The van der Waals surface area contributed by atoms with Gasteiger partial charge in [-0.3, -0.25) is 0 Å². The number of thiocarbonyl (C=S) groups is 2. The molecule has 0 aliphatic heterocycles. The first kappa shape index (κ1) is 11.4. The third kappa shape index (κ3) is 2.62. The van der Waals surface area contributed by atoms with Gasteiger partial charge in [0.15, 0.2) is 0 Å². The lowest BCUT2D eigenvalue weighted by Crippen LogP contribution is -1.96. The fourth-order valence-corrected chi connectivity index (χ4v) is 1.20. The molecular formula is C9H4N2O2S2. The number of para-hydroxylation sites is 1. The molecule has 74 valence electrons. The first-order valence-electron chi connectivity index (χ1n) is 3.72. The highest BCUT2D eigenvalue weighted by molar-refractivity contribution is 7.78. The smallest absolute Gasteiger partial charge is 0.338 e. The maximum atomic E-state index is 10.8. The Morgan fingerprint density at radius 1 is 1.27 bits per heavy atom. The monoisotopic (exact) mass is 236 g/mol. The zero-order chi connectivity index (χ0) is 11.3. The van der Waals surface area contributed by atoms with E-state index in [0.717, 1.165) is 0 Å². The Hall–Kier alpha value is -1.71. The van der Waals surface area contributed by atoms with Crippen molar-refractivity contribution in [2.75, 3.05) is 0 Å². The van der Waals surface area contributed by atoms with Crippen molar-refractivity contribution in [1.29, 1.82) is 0 Å². The molecule has 0 aliphatic carbocycles. The number of aromatic carboxylic acids is 1. The Morgan fingerprint density at radius 3 is 2.47 bits per heavy atom. The second-order valence-corrected chi connectivity index (χ2v) is 2.75. The van der Waals surface area contributed by atoms with Gasteiger partial charge in [-0.15, -0.1) is 0 Å². The predicted octanol–water partition coefficient (Wildman–Crippen LogP) is 2.85. The highest BCUT2D eigenvalue weighted by atomic mass is 32.1. The summed E-state index contributed by atoms with van der Waals surface area (Å²) in [5.41, 5.74) is 0.443. The van der Waals surface area contributed by atoms with Crippen LogP contribution >= 0.6 is 24.4 Å². The van der Waals surface area contributed by atoms with Crippen molar-refractivity contribution < 1.29 is 9.90 Å². The molecule has 0 unspecified atom stereocenters. The molecule has 0 saturated carbocycles. The van der Waals surface area contributed by atoms with Crippen LogP contribution in [-0.2, 0) is 0 Å². The molecule has 0 bridgehead atoms. The van der Waals surface area contributed by atoms with Crippen LogP contribution in [0.3, 0.4) is 0 Å². The van der Waals surface area contributed by atoms with Crippen LogP contribution < -0.4 is 0 Å². The van der Waals surface area contributed by atoms with Crippen molar-refractivity contribution in [3.63, 3.8) is 0 Å². The molecule has 1 N–H and O–H groups in total. The number of hydrogen-bond donors (Lipinski definition) is 1. The summed E-state index contributed by atoms with van der Waals surface area (Å²) in [5, 5.41) is 13.1. The minimum absolute atomic E-state index is 0.00106. The Labute approximate surface area is 96.0 Å². The van der Waals surface area contributed by atoms with Crippen molar-refractivity contribution in [2.45, 2.75) is 0 Å². The molecule has 0 saturated heterocycles. The van der Waals surface area contributed by atoms with E-state index >= 15 is 0 Å². The number of benzene rings is 1. The summed E-state index contributed by atoms with van der Waals surface area (Å²) in [4.78, 5) is 18.2. The fourth-order valence-electron chi connectivity index (χ4n) is 1.01. The zero-order valence-corrected chi connectivity index (χ0v) is 8.93. The number of carboxylic acid groups (broad SMARTS) is 1. The number of carboxylic acids is 1. The molecule has 0 spiro atoms. The van der Waals surface area contributed by atoms with Crippen LogP contribution in [0.15, 0.2) is 28.2 Å². The average Bonchev–Trinajstić information content (AvgIpc) is 2.21. The normalized spacial score (nSPS) is 8.53. The first-order chi connectivity index (χ1) is 7.20. The van der Waals surface area contributed by atoms with Crippen molar-refractivity contribution in [2.24, 2.45) is 9.98 Å². The predicted molar refractivity (Wildman–Crippen MR) is 62.8 cm³/mol. The second kappa shape index (κ2) is 5.24. The zero-order valence-electron chi connectivity index (χ0n) is 7.30. The summed E-state index contributed by atoms with van der Waals surface area (Å²) < 4.78 is 0. The molecular weight excluding hydrogens is 232 g/mol. The molecule has 0 heterocycles. The number of hydrogen-bond acceptors (Lipinski definition) is 5. The third-order valence-corrected chi connectivity index (χ3v) is 1.75. The largest absolute Gasteiger partial charge is 0.478 e. The van der Waals surface area contributed by atoms with Crippen LogP contribution in [-0.4, -0.2) is 21.4 Å². The van der Waals surface area contributed by atoms with Gasteiger partial charge in [0.05, 0.1) is 15.9 Å². The van der Waals surface area contributed by atoms with Gasteiger partial charge in [0.2, 0.25) is 0 Å². The lowest BCUT2D eigenvalue weighted by molar-refractivity contribution is 0.0698. The van der Waals surface area contributed by atoms with Crippen LogP contribution in [0.4, 0.5) is 11.4 Å².